The van der Waals surface area contributed by atoms with Gasteiger partial charge in [-0.05, 0) is 36.2 Å². The molecule has 0 radical (unpaired) electrons. The van der Waals surface area contributed by atoms with Crippen LogP contribution in [0.2, 0.25) is 0 Å². The Morgan fingerprint density at radius 3 is 2.81 bits per heavy atom. The molecule has 0 aromatic carbocycles. The van der Waals surface area contributed by atoms with Gasteiger partial charge in [0.2, 0.25) is 0 Å². The van der Waals surface area contributed by atoms with E-state index in [0.717, 1.165) is 6.42 Å². The maximum Gasteiger partial charge on any atom is 0.408 e. The molecule has 0 spiro atoms. The third-order valence-corrected chi connectivity index (χ3v) is 4.39. The van der Waals surface area contributed by atoms with Crippen molar-refractivity contribution >= 4 is 21.6 Å². The molecule has 0 bridgehead atoms. The minimum atomic E-state index is -4.50. The van der Waals surface area contributed by atoms with E-state index in [1.807, 2.05) is 13.8 Å². The molecule has 0 saturated carbocycles. The highest BCUT2D eigenvalue weighted by Gasteiger charge is 2.37. The fourth-order valence-corrected chi connectivity index (χ4v) is 2.55. The van der Waals surface area contributed by atoms with E-state index in [1.165, 1.54) is 6.20 Å². The Morgan fingerprint density at radius 2 is 2.29 bits per heavy atom. The summed E-state index contributed by atoms with van der Waals surface area (Å²) in [5.74, 6) is 0. The number of rotatable bonds is 3. The molecule has 2 rings (SSSR count). The number of halogens is 4. The first-order valence-electron chi connectivity index (χ1n) is 6.34. The molecule has 0 amide bonds. The van der Waals surface area contributed by atoms with Crippen LogP contribution in [0.5, 0.6) is 0 Å². The molecule has 1 aromatic rings. The van der Waals surface area contributed by atoms with Gasteiger partial charge in [0.1, 0.15) is 11.0 Å². The molecule has 1 fully saturated rings. The fraction of sp³-hybridized carbons (Fsp3) is 0.667. The first-order chi connectivity index (χ1) is 9.62. The highest BCUT2D eigenvalue weighted by Crippen LogP contribution is 2.31. The molecular formula is C12H15BrF3N3O2. The standard InChI is InChI=1S/C12H15BrF3N3O2/c1-7-11(2,3-4-21-7)18-8-5-17-19(6-12(14,15)16)10(20)9(8)13/h5,7,18H,3-4,6H2,1-2H3. The van der Waals surface area contributed by atoms with Crippen molar-refractivity contribution in [2.45, 2.75) is 44.6 Å². The lowest BCUT2D eigenvalue weighted by atomic mass is 9.94. The van der Waals surface area contributed by atoms with Crippen molar-refractivity contribution in [2.75, 3.05) is 11.9 Å². The Balaban J connectivity index is 2.27. The molecule has 0 aliphatic carbocycles. The summed E-state index contributed by atoms with van der Waals surface area (Å²) in [6, 6.07) is 0. The Hall–Kier alpha value is -1.09. The monoisotopic (exact) mass is 369 g/mol. The number of alkyl halides is 3. The van der Waals surface area contributed by atoms with E-state index in [9.17, 15) is 18.0 Å². The maximum absolute atomic E-state index is 12.3. The number of nitrogens with zero attached hydrogens (tertiary/aromatic N) is 2. The summed E-state index contributed by atoms with van der Waals surface area (Å²) in [5.41, 5.74) is -0.863. The molecule has 1 N–H and O–H groups in total. The SMILES string of the molecule is CC1OCCC1(C)Nc1cnn(CC(F)(F)F)c(=O)c1Br. The zero-order valence-corrected chi connectivity index (χ0v) is 13.1. The van der Waals surface area contributed by atoms with Crippen LogP contribution in [0.4, 0.5) is 18.9 Å². The first kappa shape index (κ1) is 16.3. The summed E-state index contributed by atoms with van der Waals surface area (Å²) < 4.78 is 42.9. The van der Waals surface area contributed by atoms with E-state index in [0.29, 0.717) is 17.0 Å². The van der Waals surface area contributed by atoms with Crippen LogP contribution in [0.15, 0.2) is 15.5 Å². The average Bonchev–Trinajstić information content (AvgIpc) is 2.68. The zero-order chi connectivity index (χ0) is 15.8. The van der Waals surface area contributed by atoms with Crippen LogP contribution in [-0.4, -0.2) is 34.2 Å². The summed E-state index contributed by atoms with van der Waals surface area (Å²) >= 11 is 3.05. The fourth-order valence-electron chi connectivity index (χ4n) is 2.14. The van der Waals surface area contributed by atoms with Crippen LogP contribution in [0.25, 0.3) is 0 Å². The minimum absolute atomic E-state index is 0.0297. The Bertz CT molecular complexity index is 590. The highest BCUT2D eigenvalue weighted by molar-refractivity contribution is 9.10. The molecule has 2 atom stereocenters. The third-order valence-electron chi connectivity index (χ3n) is 3.62. The summed E-state index contributed by atoms with van der Waals surface area (Å²) in [6.07, 6.45) is -2.63. The van der Waals surface area contributed by atoms with Gasteiger partial charge >= 0.3 is 6.18 Å². The lowest BCUT2D eigenvalue weighted by Crippen LogP contribution is -2.42. The molecule has 5 nitrogen and oxygen atoms in total. The van der Waals surface area contributed by atoms with E-state index in [1.54, 1.807) is 0 Å². The smallest absolute Gasteiger partial charge is 0.376 e. The molecule has 2 unspecified atom stereocenters. The lowest BCUT2D eigenvalue weighted by molar-refractivity contribution is -0.143. The van der Waals surface area contributed by atoms with Crippen molar-refractivity contribution in [1.29, 1.82) is 0 Å². The summed E-state index contributed by atoms with van der Waals surface area (Å²) in [7, 11) is 0. The number of nitrogens with one attached hydrogen (secondary N) is 1. The lowest BCUT2D eigenvalue weighted by Gasteiger charge is -2.30. The quantitative estimate of drug-likeness (QED) is 0.889. The van der Waals surface area contributed by atoms with Crippen molar-refractivity contribution < 1.29 is 17.9 Å². The summed E-state index contributed by atoms with van der Waals surface area (Å²) in [5, 5.41) is 6.71. The van der Waals surface area contributed by atoms with E-state index < -0.39 is 23.8 Å². The molecule has 1 aliphatic heterocycles. The van der Waals surface area contributed by atoms with Crippen LogP contribution in [0, 0.1) is 0 Å². The van der Waals surface area contributed by atoms with Gasteiger partial charge in [0.05, 0.1) is 23.5 Å². The van der Waals surface area contributed by atoms with Gasteiger partial charge in [-0.2, -0.15) is 18.3 Å². The normalized spacial score (nSPS) is 26.1. The molecule has 118 valence electrons. The van der Waals surface area contributed by atoms with Crippen molar-refractivity contribution in [2.24, 2.45) is 0 Å². The van der Waals surface area contributed by atoms with Crippen molar-refractivity contribution in [3.05, 3.63) is 21.0 Å². The van der Waals surface area contributed by atoms with Gasteiger partial charge in [0.15, 0.2) is 0 Å². The number of ether oxygens (including phenoxy) is 1. The van der Waals surface area contributed by atoms with Gasteiger partial charge < -0.3 is 10.1 Å². The zero-order valence-electron chi connectivity index (χ0n) is 11.5. The van der Waals surface area contributed by atoms with Gasteiger partial charge in [-0.3, -0.25) is 4.79 Å². The van der Waals surface area contributed by atoms with E-state index in [-0.39, 0.29) is 10.6 Å². The third kappa shape index (κ3) is 3.57. The van der Waals surface area contributed by atoms with Gasteiger partial charge in [-0.25, -0.2) is 4.68 Å². The topological polar surface area (TPSA) is 56.1 Å². The molecular weight excluding hydrogens is 355 g/mol. The molecule has 1 aliphatic rings. The van der Waals surface area contributed by atoms with Crippen LogP contribution in [-0.2, 0) is 11.3 Å². The van der Waals surface area contributed by atoms with Crippen molar-refractivity contribution in [1.82, 2.24) is 9.78 Å². The van der Waals surface area contributed by atoms with Gasteiger partial charge in [-0.15, -0.1) is 0 Å². The first-order valence-corrected chi connectivity index (χ1v) is 7.14. The van der Waals surface area contributed by atoms with E-state index in [2.05, 4.69) is 26.3 Å². The highest BCUT2D eigenvalue weighted by atomic mass is 79.9. The van der Waals surface area contributed by atoms with Crippen molar-refractivity contribution in [3.63, 3.8) is 0 Å². The predicted octanol–water partition coefficient (Wildman–Crippen LogP) is 2.55. The van der Waals surface area contributed by atoms with Crippen LogP contribution < -0.4 is 10.9 Å². The van der Waals surface area contributed by atoms with Gasteiger partial charge in [0.25, 0.3) is 5.56 Å². The second-order valence-electron chi connectivity index (χ2n) is 5.26. The average molecular weight is 370 g/mol. The summed E-state index contributed by atoms with van der Waals surface area (Å²) in [4.78, 5) is 11.9. The predicted molar refractivity (Wildman–Crippen MR) is 74.3 cm³/mol. The Morgan fingerprint density at radius 1 is 1.62 bits per heavy atom. The number of anilines is 1. The molecule has 2 heterocycles. The maximum atomic E-state index is 12.3. The van der Waals surface area contributed by atoms with E-state index in [4.69, 9.17) is 4.74 Å². The second-order valence-corrected chi connectivity index (χ2v) is 6.05. The van der Waals surface area contributed by atoms with Crippen LogP contribution in [0.1, 0.15) is 20.3 Å². The number of aromatic nitrogens is 2. The Kier molecular flexibility index (Phi) is 4.34. The molecule has 21 heavy (non-hydrogen) atoms. The number of hydrogen-bond donors (Lipinski definition) is 1. The largest absolute Gasteiger partial charge is 0.408 e. The molecule has 1 aromatic heterocycles. The van der Waals surface area contributed by atoms with Crippen molar-refractivity contribution in [3.8, 4) is 0 Å². The van der Waals surface area contributed by atoms with Crippen LogP contribution in [0.3, 0.4) is 0 Å². The number of hydrogen-bond acceptors (Lipinski definition) is 4. The van der Waals surface area contributed by atoms with E-state index >= 15 is 0 Å². The second kappa shape index (κ2) is 5.60. The summed E-state index contributed by atoms with van der Waals surface area (Å²) in [6.45, 7) is 2.99. The molecule has 1 saturated heterocycles. The molecule has 9 heteroatoms. The minimum Gasteiger partial charge on any atom is -0.376 e. The van der Waals surface area contributed by atoms with Gasteiger partial charge in [-0.1, -0.05) is 0 Å². The van der Waals surface area contributed by atoms with Gasteiger partial charge in [0, 0.05) is 6.61 Å². The Labute approximate surface area is 127 Å². The van der Waals surface area contributed by atoms with Crippen LogP contribution >= 0.6 is 15.9 Å².